The number of aryl methyl sites for hydroxylation is 1. The van der Waals surface area contributed by atoms with Crippen molar-refractivity contribution in [1.29, 1.82) is 0 Å². The Kier molecular flexibility index (Phi) is 4.75. The Balaban J connectivity index is 1.57. The van der Waals surface area contributed by atoms with E-state index < -0.39 is 15.9 Å². The third-order valence-corrected chi connectivity index (χ3v) is 5.93. The highest BCUT2D eigenvalue weighted by atomic mass is 32.2. The molecular formula is C20H19N3O5S. The monoisotopic (exact) mass is 413 g/mol. The zero-order chi connectivity index (χ0) is 20.6. The van der Waals surface area contributed by atoms with E-state index in [0.717, 1.165) is 11.1 Å². The highest BCUT2D eigenvalue weighted by Gasteiger charge is 2.23. The van der Waals surface area contributed by atoms with Crippen molar-refractivity contribution in [3.8, 4) is 17.2 Å². The Morgan fingerprint density at radius 1 is 1.21 bits per heavy atom. The van der Waals surface area contributed by atoms with Crippen LogP contribution in [0.3, 0.4) is 0 Å². The maximum absolute atomic E-state index is 12.6. The first kappa shape index (κ1) is 19.0. The Hall–Kier alpha value is -3.33. The fourth-order valence-corrected chi connectivity index (χ4v) is 4.13. The number of methoxy groups -OCH3 is 1. The lowest BCUT2D eigenvalue weighted by molar-refractivity contribution is 0.0976. The molecule has 0 bridgehead atoms. The molecule has 8 nitrogen and oxygen atoms in total. The molecule has 1 aromatic heterocycles. The summed E-state index contributed by atoms with van der Waals surface area (Å²) in [6, 6.07) is 11.5. The molecule has 1 aliphatic heterocycles. The molecule has 0 radical (unpaired) electrons. The molecule has 0 saturated heterocycles. The molecule has 2 heterocycles. The third kappa shape index (κ3) is 3.68. The summed E-state index contributed by atoms with van der Waals surface area (Å²) in [6.45, 7) is 2.44. The van der Waals surface area contributed by atoms with Gasteiger partial charge < -0.3 is 9.47 Å². The summed E-state index contributed by atoms with van der Waals surface area (Å²) in [5.41, 5.74) is 2.41. The molecule has 150 valence electrons. The number of nitrogens with one attached hydrogen (secondary N) is 1. The van der Waals surface area contributed by atoms with Crippen molar-refractivity contribution in [2.45, 2.75) is 18.2 Å². The molecule has 0 spiro atoms. The van der Waals surface area contributed by atoms with Crippen molar-refractivity contribution >= 4 is 15.9 Å². The van der Waals surface area contributed by atoms with Crippen molar-refractivity contribution < 1.29 is 22.7 Å². The van der Waals surface area contributed by atoms with Gasteiger partial charge in [-0.2, -0.15) is 5.10 Å². The van der Waals surface area contributed by atoms with Crippen LogP contribution in [0.15, 0.2) is 53.6 Å². The fraction of sp³-hybridized carbons (Fsp3) is 0.200. The van der Waals surface area contributed by atoms with Crippen LogP contribution in [0.4, 0.5) is 0 Å². The maximum atomic E-state index is 12.6. The first-order valence-electron chi connectivity index (χ1n) is 8.91. The van der Waals surface area contributed by atoms with Crippen LogP contribution in [0.5, 0.6) is 11.5 Å². The van der Waals surface area contributed by atoms with Gasteiger partial charge in [-0.15, -0.1) is 0 Å². The Bertz CT molecular complexity index is 1200. The molecule has 9 heteroatoms. The van der Waals surface area contributed by atoms with Gasteiger partial charge in [0.1, 0.15) is 17.2 Å². The molecule has 1 aliphatic rings. The Morgan fingerprint density at radius 3 is 2.83 bits per heavy atom. The molecule has 1 amide bonds. The number of sulfonamides is 1. The van der Waals surface area contributed by atoms with Crippen LogP contribution in [0.1, 0.15) is 21.6 Å². The molecule has 0 aliphatic carbocycles. The standard InChI is InChI=1S/C20H19N3O5S/c1-13-3-5-19(27-2)17(11-13)23-9-7-16(21-23)20(24)22-29(25,26)15-4-6-18-14(12-15)8-10-28-18/h3-7,9,11-12H,8,10H2,1-2H3,(H,22,24). The number of aromatic nitrogens is 2. The van der Waals surface area contributed by atoms with Crippen molar-refractivity contribution in [1.82, 2.24) is 14.5 Å². The number of hydrogen-bond acceptors (Lipinski definition) is 6. The summed E-state index contributed by atoms with van der Waals surface area (Å²) in [5.74, 6) is 0.437. The number of amides is 1. The van der Waals surface area contributed by atoms with E-state index in [-0.39, 0.29) is 10.6 Å². The fourth-order valence-electron chi connectivity index (χ4n) is 3.12. The number of hydrogen-bond donors (Lipinski definition) is 1. The van der Waals surface area contributed by atoms with Gasteiger partial charge in [0.15, 0.2) is 5.69 Å². The van der Waals surface area contributed by atoms with Crippen LogP contribution in [0.2, 0.25) is 0 Å². The van der Waals surface area contributed by atoms with Gasteiger partial charge in [-0.3, -0.25) is 4.79 Å². The summed E-state index contributed by atoms with van der Waals surface area (Å²) < 4.78 is 39.5. The number of benzene rings is 2. The van der Waals surface area contributed by atoms with Gasteiger partial charge in [0.2, 0.25) is 0 Å². The Labute approximate surface area is 168 Å². The van der Waals surface area contributed by atoms with E-state index in [9.17, 15) is 13.2 Å². The van der Waals surface area contributed by atoms with Gasteiger partial charge in [-0.1, -0.05) is 6.07 Å². The average Bonchev–Trinajstić information content (AvgIpc) is 3.36. The van der Waals surface area contributed by atoms with Crippen LogP contribution >= 0.6 is 0 Å². The van der Waals surface area contributed by atoms with Crippen molar-refractivity contribution in [2.75, 3.05) is 13.7 Å². The van der Waals surface area contributed by atoms with Crippen LogP contribution in [0.25, 0.3) is 5.69 Å². The predicted molar refractivity (Wildman–Crippen MR) is 105 cm³/mol. The largest absolute Gasteiger partial charge is 0.494 e. The normalized spacial score (nSPS) is 12.9. The lowest BCUT2D eigenvalue weighted by atomic mass is 10.2. The molecule has 2 aromatic carbocycles. The average molecular weight is 413 g/mol. The van der Waals surface area contributed by atoms with Gasteiger partial charge in [-0.25, -0.2) is 17.8 Å². The van der Waals surface area contributed by atoms with E-state index in [1.54, 1.807) is 25.4 Å². The second-order valence-electron chi connectivity index (χ2n) is 6.62. The van der Waals surface area contributed by atoms with Gasteiger partial charge in [0, 0.05) is 12.6 Å². The lowest BCUT2D eigenvalue weighted by Crippen LogP contribution is -2.31. The minimum Gasteiger partial charge on any atom is -0.494 e. The van der Waals surface area contributed by atoms with Crippen molar-refractivity contribution in [3.05, 3.63) is 65.5 Å². The second-order valence-corrected chi connectivity index (χ2v) is 8.31. The first-order chi connectivity index (χ1) is 13.9. The van der Waals surface area contributed by atoms with E-state index in [0.29, 0.717) is 30.2 Å². The number of fused-ring (bicyclic) bond motifs is 1. The summed E-state index contributed by atoms with van der Waals surface area (Å²) in [5, 5.41) is 4.21. The van der Waals surface area contributed by atoms with Crippen LogP contribution in [0, 0.1) is 6.92 Å². The maximum Gasteiger partial charge on any atom is 0.285 e. The Morgan fingerprint density at radius 2 is 2.03 bits per heavy atom. The minimum absolute atomic E-state index is 0.00915. The van der Waals surface area contributed by atoms with E-state index in [4.69, 9.17) is 9.47 Å². The SMILES string of the molecule is COc1ccc(C)cc1-n1ccc(C(=O)NS(=O)(=O)c2ccc3c(c2)CCO3)n1. The number of carbonyl (C=O) groups excluding carboxylic acids is 1. The lowest BCUT2D eigenvalue weighted by Gasteiger charge is -2.09. The zero-order valence-electron chi connectivity index (χ0n) is 15.9. The first-order valence-corrected chi connectivity index (χ1v) is 10.4. The minimum atomic E-state index is -4.03. The molecule has 29 heavy (non-hydrogen) atoms. The molecule has 4 rings (SSSR count). The molecule has 0 fully saturated rings. The third-order valence-electron chi connectivity index (χ3n) is 4.60. The van der Waals surface area contributed by atoms with Gasteiger partial charge in [0.05, 0.1) is 18.6 Å². The van der Waals surface area contributed by atoms with Crippen LogP contribution in [-0.4, -0.2) is 37.8 Å². The predicted octanol–water partition coefficient (Wildman–Crippen LogP) is 2.24. The smallest absolute Gasteiger partial charge is 0.285 e. The number of carbonyl (C=O) groups is 1. The summed E-state index contributed by atoms with van der Waals surface area (Å²) >= 11 is 0. The quantitative estimate of drug-likeness (QED) is 0.689. The highest BCUT2D eigenvalue weighted by Crippen LogP contribution is 2.27. The molecule has 3 aromatic rings. The van der Waals surface area contributed by atoms with Gasteiger partial charge in [-0.05, 0) is 54.4 Å². The number of rotatable bonds is 5. The second kappa shape index (κ2) is 7.25. The van der Waals surface area contributed by atoms with Crippen molar-refractivity contribution in [3.63, 3.8) is 0 Å². The molecular weight excluding hydrogens is 394 g/mol. The molecule has 0 unspecified atom stereocenters. The number of ether oxygens (including phenoxy) is 2. The van der Waals surface area contributed by atoms with E-state index in [1.165, 1.54) is 22.9 Å². The zero-order valence-corrected chi connectivity index (χ0v) is 16.7. The van der Waals surface area contributed by atoms with Gasteiger partial charge >= 0.3 is 0 Å². The number of nitrogens with zero attached hydrogens (tertiary/aromatic N) is 2. The molecule has 0 saturated carbocycles. The van der Waals surface area contributed by atoms with Crippen molar-refractivity contribution in [2.24, 2.45) is 0 Å². The molecule has 0 atom stereocenters. The van der Waals surface area contributed by atoms with E-state index >= 15 is 0 Å². The summed E-state index contributed by atoms with van der Waals surface area (Å²) in [6.07, 6.45) is 2.21. The highest BCUT2D eigenvalue weighted by molar-refractivity contribution is 7.90. The van der Waals surface area contributed by atoms with E-state index in [2.05, 4.69) is 9.82 Å². The topological polar surface area (TPSA) is 99.5 Å². The summed E-state index contributed by atoms with van der Waals surface area (Å²) in [7, 11) is -2.49. The summed E-state index contributed by atoms with van der Waals surface area (Å²) in [4.78, 5) is 12.5. The van der Waals surface area contributed by atoms with Gasteiger partial charge in [0.25, 0.3) is 15.9 Å². The van der Waals surface area contributed by atoms with E-state index in [1.807, 2.05) is 19.1 Å². The molecule has 1 N–H and O–H groups in total. The van der Waals surface area contributed by atoms with Crippen LogP contribution in [-0.2, 0) is 16.4 Å². The van der Waals surface area contributed by atoms with Crippen LogP contribution < -0.4 is 14.2 Å².